The van der Waals surface area contributed by atoms with Gasteiger partial charge in [-0.25, -0.2) is 0 Å². The standard InChI is InChI=1S/C23H19BrN4O2S/c1-2-30-18-9-7-17(8-10-18)28-22(16-11-13-25-14-12-16)26-27-23(28)31-15-21(29)19-5-3-4-6-20(19)24/h3-14H,2,15H2,1H3. The van der Waals surface area contributed by atoms with Crippen molar-refractivity contribution in [3.05, 3.63) is 83.1 Å². The summed E-state index contributed by atoms with van der Waals surface area (Å²) >= 11 is 4.80. The smallest absolute Gasteiger partial charge is 0.196 e. The molecule has 0 spiro atoms. The van der Waals surface area contributed by atoms with Crippen LogP contribution < -0.4 is 4.74 Å². The van der Waals surface area contributed by atoms with Crippen LogP contribution in [-0.2, 0) is 0 Å². The fraction of sp³-hybridized carbons (Fsp3) is 0.130. The number of hydrogen-bond acceptors (Lipinski definition) is 6. The van der Waals surface area contributed by atoms with E-state index in [2.05, 4.69) is 31.1 Å². The minimum absolute atomic E-state index is 0.0178. The highest BCUT2D eigenvalue weighted by Crippen LogP contribution is 2.29. The van der Waals surface area contributed by atoms with Crippen molar-refractivity contribution in [1.29, 1.82) is 0 Å². The van der Waals surface area contributed by atoms with E-state index < -0.39 is 0 Å². The number of halogens is 1. The van der Waals surface area contributed by atoms with E-state index in [1.54, 1.807) is 12.4 Å². The Labute approximate surface area is 192 Å². The van der Waals surface area contributed by atoms with Gasteiger partial charge in [0.1, 0.15) is 5.75 Å². The van der Waals surface area contributed by atoms with Crippen molar-refractivity contribution >= 4 is 33.5 Å². The molecule has 2 heterocycles. The normalized spacial score (nSPS) is 10.8. The molecule has 0 fully saturated rings. The fourth-order valence-corrected chi connectivity index (χ4v) is 4.38. The molecule has 8 heteroatoms. The number of aromatic nitrogens is 4. The van der Waals surface area contributed by atoms with E-state index in [1.807, 2.05) is 72.2 Å². The molecule has 0 radical (unpaired) electrons. The number of thioether (sulfide) groups is 1. The summed E-state index contributed by atoms with van der Waals surface area (Å²) in [4.78, 5) is 16.8. The molecular formula is C23H19BrN4O2S. The zero-order valence-corrected chi connectivity index (χ0v) is 19.1. The second-order valence-corrected chi connectivity index (χ2v) is 8.29. The number of nitrogens with zero attached hydrogens (tertiary/aromatic N) is 4. The third-order valence-electron chi connectivity index (χ3n) is 4.48. The Morgan fingerprint density at radius 1 is 1.03 bits per heavy atom. The van der Waals surface area contributed by atoms with Gasteiger partial charge >= 0.3 is 0 Å². The highest BCUT2D eigenvalue weighted by molar-refractivity contribution is 9.10. The summed E-state index contributed by atoms with van der Waals surface area (Å²) in [6.07, 6.45) is 3.44. The molecule has 0 bridgehead atoms. The maximum absolute atomic E-state index is 12.7. The van der Waals surface area contributed by atoms with Gasteiger partial charge in [-0.3, -0.25) is 14.3 Å². The number of ketones is 1. The molecular weight excluding hydrogens is 476 g/mol. The van der Waals surface area contributed by atoms with Gasteiger partial charge in [-0.15, -0.1) is 10.2 Å². The number of pyridine rings is 1. The van der Waals surface area contributed by atoms with E-state index >= 15 is 0 Å². The van der Waals surface area contributed by atoms with Crippen LogP contribution in [0.4, 0.5) is 0 Å². The lowest BCUT2D eigenvalue weighted by atomic mass is 10.1. The Kier molecular flexibility index (Phi) is 6.79. The quantitative estimate of drug-likeness (QED) is 0.239. The minimum atomic E-state index is 0.0178. The van der Waals surface area contributed by atoms with Crippen LogP contribution >= 0.6 is 27.7 Å². The topological polar surface area (TPSA) is 69.9 Å². The van der Waals surface area contributed by atoms with E-state index in [0.29, 0.717) is 23.2 Å². The highest BCUT2D eigenvalue weighted by atomic mass is 79.9. The van der Waals surface area contributed by atoms with Gasteiger partial charge in [0, 0.05) is 33.7 Å². The Morgan fingerprint density at radius 2 is 1.77 bits per heavy atom. The zero-order valence-electron chi connectivity index (χ0n) is 16.7. The lowest BCUT2D eigenvalue weighted by Crippen LogP contribution is -2.05. The van der Waals surface area contributed by atoms with Crippen molar-refractivity contribution in [1.82, 2.24) is 19.7 Å². The van der Waals surface area contributed by atoms with Crippen LogP contribution in [0.5, 0.6) is 5.75 Å². The van der Waals surface area contributed by atoms with Crippen molar-refractivity contribution in [3.8, 4) is 22.8 Å². The van der Waals surface area contributed by atoms with Gasteiger partial charge in [0.05, 0.1) is 12.4 Å². The van der Waals surface area contributed by atoms with E-state index in [0.717, 1.165) is 21.5 Å². The molecule has 0 amide bonds. The second-order valence-electron chi connectivity index (χ2n) is 6.50. The minimum Gasteiger partial charge on any atom is -0.494 e. The third-order valence-corrected chi connectivity index (χ3v) is 6.10. The number of rotatable bonds is 8. The summed E-state index contributed by atoms with van der Waals surface area (Å²) in [5.41, 5.74) is 2.42. The second kappa shape index (κ2) is 9.89. The molecule has 0 aliphatic rings. The Morgan fingerprint density at radius 3 is 2.48 bits per heavy atom. The Balaban J connectivity index is 1.67. The number of Topliss-reactive ketones (excluding diaryl/α,β-unsaturated/α-hetero) is 1. The van der Waals surface area contributed by atoms with Crippen LogP contribution in [0.3, 0.4) is 0 Å². The largest absolute Gasteiger partial charge is 0.494 e. The average molecular weight is 495 g/mol. The first-order chi connectivity index (χ1) is 15.2. The molecule has 6 nitrogen and oxygen atoms in total. The van der Waals surface area contributed by atoms with Crippen molar-refractivity contribution in [2.24, 2.45) is 0 Å². The maximum Gasteiger partial charge on any atom is 0.196 e. The summed E-state index contributed by atoms with van der Waals surface area (Å²) in [5.74, 6) is 1.74. The molecule has 0 unspecified atom stereocenters. The van der Waals surface area contributed by atoms with E-state index in [4.69, 9.17) is 4.74 Å². The summed E-state index contributed by atoms with van der Waals surface area (Å²) < 4.78 is 8.29. The van der Waals surface area contributed by atoms with E-state index in [1.165, 1.54) is 11.8 Å². The number of benzene rings is 2. The van der Waals surface area contributed by atoms with Crippen molar-refractivity contribution in [2.75, 3.05) is 12.4 Å². The van der Waals surface area contributed by atoms with Crippen LogP contribution in [0.15, 0.2) is 82.7 Å². The molecule has 4 aromatic rings. The van der Waals surface area contributed by atoms with Crippen LogP contribution in [0.25, 0.3) is 17.1 Å². The van der Waals surface area contributed by atoms with Crippen molar-refractivity contribution in [2.45, 2.75) is 12.1 Å². The van der Waals surface area contributed by atoms with Gasteiger partial charge in [-0.2, -0.15) is 0 Å². The van der Waals surface area contributed by atoms with Crippen molar-refractivity contribution < 1.29 is 9.53 Å². The SMILES string of the molecule is CCOc1ccc(-n2c(SCC(=O)c3ccccc3Br)nnc2-c2ccncc2)cc1. The first-order valence-electron chi connectivity index (χ1n) is 9.67. The molecule has 31 heavy (non-hydrogen) atoms. The first kappa shape index (κ1) is 21.3. The molecule has 0 atom stereocenters. The zero-order chi connectivity index (χ0) is 21.6. The molecule has 156 valence electrons. The summed E-state index contributed by atoms with van der Waals surface area (Å²) in [6, 6.07) is 18.9. The lowest BCUT2D eigenvalue weighted by Gasteiger charge is -2.11. The molecule has 2 aromatic carbocycles. The number of carbonyl (C=O) groups excluding carboxylic acids is 1. The van der Waals surface area contributed by atoms with Crippen LogP contribution in [0, 0.1) is 0 Å². The number of ether oxygens (including phenoxy) is 1. The van der Waals surface area contributed by atoms with Crippen molar-refractivity contribution in [3.63, 3.8) is 0 Å². The fourth-order valence-electron chi connectivity index (χ4n) is 3.04. The number of carbonyl (C=O) groups is 1. The monoisotopic (exact) mass is 494 g/mol. The molecule has 0 aliphatic carbocycles. The predicted molar refractivity (Wildman–Crippen MR) is 125 cm³/mol. The molecule has 0 N–H and O–H groups in total. The van der Waals surface area contributed by atoms with Gasteiger partial charge < -0.3 is 4.74 Å². The van der Waals surface area contributed by atoms with Crippen LogP contribution in [0.1, 0.15) is 17.3 Å². The molecule has 0 aliphatic heterocycles. The third kappa shape index (κ3) is 4.86. The molecule has 0 saturated heterocycles. The summed E-state index contributed by atoms with van der Waals surface area (Å²) in [5, 5.41) is 9.41. The molecule has 4 rings (SSSR count). The van der Waals surface area contributed by atoms with Gasteiger partial charge in [0.25, 0.3) is 0 Å². The lowest BCUT2D eigenvalue weighted by molar-refractivity contribution is 0.102. The maximum atomic E-state index is 12.7. The highest BCUT2D eigenvalue weighted by Gasteiger charge is 2.18. The van der Waals surface area contributed by atoms with Gasteiger partial charge in [0.15, 0.2) is 16.8 Å². The van der Waals surface area contributed by atoms with Crippen LogP contribution in [0.2, 0.25) is 0 Å². The van der Waals surface area contributed by atoms with Crippen LogP contribution in [-0.4, -0.2) is 37.9 Å². The van der Waals surface area contributed by atoms with Gasteiger partial charge in [0.2, 0.25) is 0 Å². The Hall–Kier alpha value is -2.97. The van der Waals surface area contributed by atoms with Gasteiger partial charge in [-0.05, 0) is 49.4 Å². The van der Waals surface area contributed by atoms with Gasteiger partial charge in [-0.1, -0.05) is 45.9 Å². The average Bonchev–Trinajstić information content (AvgIpc) is 3.23. The molecule has 0 saturated carbocycles. The Bertz CT molecular complexity index is 1180. The summed E-state index contributed by atoms with van der Waals surface area (Å²) in [6.45, 7) is 2.55. The molecule has 2 aromatic heterocycles. The number of hydrogen-bond donors (Lipinski definition) is 0. The van der Waals surface area contributed by atoms with E-state index in [9.17, 15) is 4.79 Å². The predicted octanol–water partition coefficient (Wildman–Crippen LogP) is 5.47. The van der Waals surface area contributed by atoms with E-state index in [-0.39, 0.29) is 11.5 Å². The first-order valence-corrected chi connectivity index (χ1v) is 11.4. The summed E-state index contributed by atoms with van der Waals surface area (Å²) in [7, 11) is 0.